The fraction of sp³-hybridized carbons (Fsp3) is 0.727. The summed E-state index contributed by atoms with van der Waals surface area (Å²) < 4.78 is 0. The highest BCUT2D eigenvalue weighted by atomic mass is 16.1. The van der Waals surface area contributed by atoms with Gasteiger partial charge in [0.15, 0.2) is 0 Å². The van der Waals surface area contributed by atoms with E-state index >= 15 is 0 Å². The van der Waals surface area contributed by atoms with Gasteiger partial charge in [0.25, 0.3) is 0 Å². The van der Waals surface area contributed by atoms with Crippen LogP contribution >= 0.6 is 0 Å². The van der Waals surface area contributed by atoms with Crippen molar-refractivity contribution in [3.05, 3.63) is 0 Å². The number of nitrogens with one attached hydrogen (secondary N) is 2. The van der Waals surface area contributed by atoms with Crippen molar-refractivity contribution < 1.29 is 4.79 Å². The fourth-order valence-electron chi connectivity index (χ4n) is 1.07. The molecule has 2 N–H and O–H groups in total. The van der Waals surface area contributed by atoms with Gasteiger partial charge in [0.2, 0.25) is 5.91 Å². The first-order valence-corrected chi connectivity index (χ1v) is 5.18. The lowest BCUT2D eigenvalue weighted by Gasteiger charge is -2.13. The molecule has 80 valence electrons. The van der Waals surface area contributed by atoms with Crippen LogP contribution in [0.25, 0.3) is 0 Å². The molecule has 0 saturated heterocycles. The monoisotopic (exact) mass is 196 g/mol. The van der Waals surface area contributed by atoms with Crippen LogP contribution in [0.5, 0.6) is 0 Å². The van der Waals surface area contributed by atoms with E-state index in [4.69, 9.17) is 6.42 Å². The van der Waals surface area contributed by atoms with Crippen molar-refractivity contribution in [1.29, 1.82) is 0 Å². The van der Waals surface area contributed by atoms with Gasteiger partial charge in [-0.2, -0.15) is 0 Å². The van der Waals surface area contributed by atoms with Gasteiger partial charge in [0.05, 0.1) is 6.54 Å². The van der Waals surface area contributed by atoms with E-state index < -0.39 is 0 Å². The highest BCUT2D eigenvalue weighted by molar-refractivity contribution is 5.77. The van der Waals surface area contributed by atoms with Crippen LogP contribution in [0, 0.1) is 12.3 Å². The number of hydrogen-bond donors (Lipinski definition) is 2. The van der Waals surface area contributed by atoms with E-state index in [1.165, 1.54) is 0 Å². The Morgan fingerprint density at radius 1 is 1.50 bits per heavy atom. The van der Waals surface area contributed by atoms with Gasteiger partial charge < -0.3 is 10.6 Å². The van der Waals surface area contributed by atoms with Crippen LogP contribution in [0.1, 0.15) is 33.1 Å². The van der Waals surface area contributed by atoms with Crippen molar-refractivity contribution in [2.75, 3.05) is 13.1 Å². The standard InChI is InChI=1S/C11H20N2O/c1-4-7-10(6-3)13-9-11(14)12-8-5-2/h1,10,13H,5-9H2,2-3H3,(H,12,14). The Bertz CT molecular complexity index is 196. The molecule has 0 bridgehead atoms. The normalized spacial score (nSPS) is 11.8. The average molecular weight is 196 g/mol. The molecule has 0 aromatic heterocycles. The first-order valence-electron chi connectivity index (χ1n) is 5.18. The summed E-state index contributed by atoms with van der Waals surface area (Å²) in [5.41, 5.74) is 0. The van der Waals surface area contributed by atoms with Crippen LogP contribution in [0.4, 0.5) is 0 Å². The average Bonchev–Trinajstić information content (AvgIpc) is 2.21. The lowest BCUT2D eigenvalue weighted by atomic mass is 10.1. The fourth-order valence-corrected chi connectivity index (χ4v) is 1.07. The Kier molecular flexibility index (Phi) is 7.96. The number of carbonyl (C=O) groups is 1. The van der Waals surface area contributed by atoms with Gasteiger partial charge in [-0.3, -0.25) is 4.79 Å². The molecule has 0 aliphatic carbocycles. The van der Waals surface area contributed by atoms with E-state index in [-0.39, 0.29) is 11.9 Å². The first-order chi connectivity index (χ1) is 6.74. The van der Waals surface area contributed by atoms with Gasteiger partial charge in [-0.25, -0.2) is 0 Å². The van der Waals surface area contributed by atoms with Crippen molar-refractivity contribution in [1.82, 2.24) is 10.6 Å². The molecule has 0 aliphatic rings. The topological polar surface area (TPSA) is 41.1 Å². The minimum atomic E-state index is 0.0438. The van der Waals surface area contributed by atoms with Crippen LogP contribution in [-0.2, 0) is 4.79 Å². The molecule has 14 heavy (non-hydrogen) atoms. The van der Waals surface area contributed by atoms with Gasteiger partial charge in [0, 0.05) is 19.0 Å². The highest BCUT2D eigenvalue weighted by Crippen LogP contribution is 1.94. The van der Waals surface area contributed by atoms with Crippen LogP contribution in [-0.4, -0.2) is 25.0 Å². The first kappa shape index (κ1) is 13.0. The molecule has 0 saturated carbocycles. The van der Waals surface area contributed by atoms with Crippen molar-refractivity contribution in [3.8, 4) is 12.3 Å². The highest BCUT2D eigenvalue weighted by Gasteiger charge is 2.05. The van der Waals surface area contributed by atoms with Gasteiger partial charge in [-0.1, -0.05) is 13.8 Å². The molecule has 3 heteroatoms. The van der Waals surface area contributed by atoms with Crippen LogP contribution in [0.2, 0.25) is 0 Å². The number of hydrogen-bond acceptors (Lipinski definition) is 2. The number of amides is 1. The third-order valence-corrected chi connectivity index (χ3v) is 1.98. The summed E-state index contributed by atoms with van der Waals surface area (Å²) in [6.07, 6.45) is 7.79. The second kappa shape index (κ2) is 8.58. The van der Waals surface area contributed by atoms with E-state index in [0.717, 1.165) is 19.4 Å². The van der Waals surface area contributed by atoms with E-state index in [0.29, 0.717) is 13.0 Å². The Labute approximate surface area is 86.6 Å². The van der Waals surface area contributed by atoms with E-state index in [1.807, 2.05) is 6.92 Å². The maximum atomic E-state index is 11.2. The second-order valence-electron chi connectivity index (χ2n) is 3.24. The summed E-state index contributed by atoms with van der Waals surface area (Å²) >= 11 is 0. The summed E-state index contributed by atoms with van der Waals surface area (Å²) in [7, 11) is 0. The molecule has 1 amide bonds. The molecule has 0 aromatic rings. The summed E-state index contributed by atoms with van der Waals surface area (Å²) in [6.45, 7) is 5.19. The van der Waals surface area contributed by atoms with Gasteiger partial charge in [0.1, 0.15) is 0 Å². The van der Waals surface area contributed by atoms with Gasteiger partial charge in [-0.15, -0.1) is 12.3 Å². The Hall–Kier alpha value is -1.01. The van der Waals surface area contributed by atoms with Gasteiger partial charge in [-0.05, 0) is 12.8 Å². The maximum Gasteiger partial charge on any atom is 0.233 e. The molecule has 0 radical (unpaired) electrons. The minimum Gasteiger partial charge on any atom is -0.355 e. The summed E-state index contributed by atoms with van der Waals surface area (Å²) in [5.74, 6) is 2.64. The predicted molar refractivity (Wildman–Crippen MR) is 58.8 cm³/mol. The predicted octanol–water partition coefficient (Wildman–Crippen LogP) is 0.904. The molecular weight excluding hydrogens is 176 g/mol. The number of terminal acetylenes is 1. The molecular formula is C11H20N2O. The number of carbonyl (C=O) groups excluding carboxylic acids is 1. The van der Waals surface area contributed by atoms with Crippen LogP contribution in [0.15, 0.2) is 0 Å². The zero-order valence-electron chi connectivity index (χ0n) is 9.10. The van der Waals surface area contributed by atoms with Crippen LogP contribution in [0.3, 0.4) is 0 Å². The molecule has 0 fully saturated rings. The molecule has 0 spiro atoms. The second-order valence-corrected chi connectivity index (χ2v) is 3.24. The third-order valence-electron chi connectivity index (χ3n) is 1.98. The summed E-state index contributed by atoms with van der Waals surface area (Å²) in [4.78, 5) is 11.2. The van der Waals surface area contributed by atoms with E-state index in [9.17, 15) is 4.79 Å². The minimum absolute atomic E-state index is 0.0438. The summed E-state index contributed by atoms with van der Waals surface area (Å²) in [6, 6.07) is 0.257. The lowest BCUT2D eigenvalue weighted by Crippen LogP contribution is -2.39. The third kappa shape index (κ3) is 6.50. The largest absolute Gasteiger partial charge is 0.355 e. The van der Waals surface area contributed by atoms with Crippen molar-refractivity contribution >= 4 is 5.91 Å². The maximum absolute atomic E-state index is 11.2. The zero-order chi connectivity index (χ0) is 10.8. The number of rotatable bonds is 7. The SMILES string of the molecule is C#CCC(CC)NCC(=O)NCCC. The molecule has 1 atom stereocenters. The van der Waals surface area contributed by atoms with Crippen molar-refractivity contribution in [2.24, 2.45) is 0 Å². The molecule has 1 unspecified atom stereocenters. The molecule has 0 rings (SSSR count). The smallest absolute Gasteiger partial charge is 0.233 e. The van der Waals surface area contributed by atoms with Crippen LogP contribution < -0.4 is 10.6 Å². The Balaban J connectivity index is 3.58. The molecule has 3 nitrogen and oxygen atoms in total. The molecule has 0 heterocycles. The van der Waals surface area contributed by atoms with Crippen molar-refractivity contribution in [3.63, 3.8) is 0 Å². The van der Waals surface area contributed by atoms with Gasteiger partial charge >= 0.3 is 0 Å². The Morgan fingerprint density at radius 2 is 2.21 bits per heavy atom. The molecule has 0 aromatic carbocycles. The van der Waals surface area contributed by atoms with Crippen molar-refractivity contribution in [2.45, 2.75) is 39.2 Å². The summed E-state index contributed by atoms with van der Waals surface area (Å²) in [5, 5.41) is 5.93. The van der Waals surface area contributed by atoms with E-state index in [1.54, 1.807) is 0 Å². The lowest BCUT2D eigenvalue weighted by molar-refractivity contribution is -0.120. The molecule has 0 aliphatic heterocycles. The quantitative estimate of drug-likeness (QED) is 0.594. The Morgan fingerprint density at radius 3 is 2.71 bits per heavy atom. The zero-order valence-corrected chi connectivity index (χ0v) is 9.10. The van der Waals surface area contributed by atoms with E-state index in [2.05, 4.69) is 23.5 Å².